The van der Waals surface area contributed by atoms with E-state index in [1.165, 1.54) is 7.11 Å². The lowest BCUT2D eigenvalue weighted by Crippen LogP contribution is -2.57. The molecule has 2 saturated heterocycles. The summed E-state index contributed by atoms with van der Waals surface area (Å²) in [4.78, 5) is 43.7. The molecule has 1 atom stereocenters. The Balaban J connectivity index is 1.79. The monoisotopic (exact) mass is 416 g/mol. The molecular weight excluding hydrogens is 384 g/mol. The van der Waals surface area contributed by atoms with Crippen LogP contribution in [-0.2, 0) is 19.1 Å². The van der Waals surface area contributed by atoms with Crippen molar-refractivity contribution in [1.29, 1.82) is 0 Å². The van der Waals surface area contributed by atoms with E-state index in [0.29, 0.717) is 32.6 Å². The van der Waals surface area contributed by atoms with Crippen LogP contribution in [0.15, 0.2) is 30.3 Å². The van der Waals surface area contributed by atoms with Gasteiger partial charge in [0, 0.05) is 31.9 Å². The first kappa shape index (κ1) is 22.1. The summed E-state index contributed by atoms with van der Waals surface area (Å²) >= 11 is 0. The normalized spacial score (nSPS) is 19.3. The first-order valence-corrected chi connectivity index (χ1v) is 10.6. The Hall–Kier alpha value is -2.61. The number of hydrogen-bond donors (Lipinski definition) is 1. The van der Waals surface area contributed by atoms with Crippen molar-refractivity contribution >= 4 is 23.4 Å². The smallest absolute Gasteiger partial charge is 0.250 e. The summed E-state index contributed by atoms with van der Waals surface area (Å²) in [6.07, 6.45) is 1.89. The Kier molecular flexibility index (Phi) is 6.97. The van der Waals surface area contributed by atoms with Crippen LogP contribution in [0.3, 0.4) is 0 Å². The number of piperidine rings is 1. The van der Waals surface area contributed by atoms with Gasteiger partial charge in [-0.2, -0.15) is 0 Å². The van der Waals surface area contributed by atoms with E-state index in [1.807, 2.05) is 44.2 Å². The molecule has 2 aliphatic rings. The molecule has 2 fully saturated rings. The Morgan fingerprint density at radius 2 is 1.87 bits per heavy atom. The number of carbonyl (C=O) groups is 3. The highest BCUT2D eigenvalue weighted by molar-refractivity contribution is 5.96. The quantitative estimate of drug-likeness (QED) is 0.723. The van der Waals surface area contributed by atoms with Gasteiger partial charge in [0.15, 0.2) is 0 Å². The van der Waals surface area contributed by atoms with Crippen LogP contribution in [0.1, 0.15) is 33.1 Å². The van der Waals surface area contributed by atoms with Gasteiger partial charge >= 0.3 is 0 Å². The summed E-state index contributed by atoms with van der Waals surface area (Å²) in [5.74, 6) is -0.242. The van der Waals surface area contributed by atoms with E-state index in [-0.39, 0.29) is 36.9 Å². The predicted molar refractivity (Wildman–Crippen MR) is 114 cm³/mol. The van der Waals surface area contributed by atoms with Crippen LogP contribution in [0.4, 0.5) is 5.69 Å². The number of nitrogens with zero attached hydrogens (tertiary/aromatic N) is 3. The number of ether oxygens (including phenoxy) is 1. The largest absolute Gasteiger partial charge is 0.375 e. The second kappa shape index (κ2) is 9.47. The summed E-state index contributed by atoms with van der Waals surface area (Å²) in [5.41, 5.74) is 0.217. The lowest BCUT2D eigenvalue weighted by Gasteiger charge is -2.43. The minimum Gasteiger partial charge on any atom is -0.375 e. The molecule has 0 saturated carbocycles. The zero-order chi connectivity index (χ0) is 21.7. The van der Waals surface area contributed by atoms with E-state index in [1.54, 1.807) is 9.80 Å². The average Bonchev–Trinajstić information content (AvgIpc) is 3.01. The number of methoxy groups -OCH3 is 1. The van der Waals surface area contributed by atoms with Crippen LogP contribution in [0.2, 0.25) is 0 Å². The van der Waals surface area contributed by atoms with Crippen molar-refractivity contribution in [3.63, 3.8) is 0 Å². The van der Waals surface area contributed by atoms with Crippen molar-refractivity contribution in [2.24, 2.45) is 0 Å². The lowest BCUT2D eigenvalue weighted by molar-refractivity contribution is -0.141. The van der Waals surface area contributed by atoms with Gasteiger partial charge in [-0.15, -0.1) is 0 Å². The Morgan fingerprint density at radius 1 is 1.20 bits per heavy atom. The molecule has 3 rings (SSSR count). The molecule has 1 aromatic carbocycles. The van der Waals surface area contributed by atoms with E-state index in [2.05, 4.69) is 10.2 Å². The van der Waals surface area contributed by atoms with Crippen molar-refractivity contribution in [1.82, 2.24) is 15.1 Å². The number of anilines is 1. The molecule has 2 aliphatic heterocycles. The summed E-state index contributed by atoms with van der Waals surface area (Å²) in [7, 11) is 1.50. The number of rotatable bonds is 7. The lowest BCUT2D eigenvalue weighted by atomic mass is 9.85. The van der Waals surface area contributed by atoms with Crippen molar-refractivity contribution in [2.45, 2.75) is 44.7 Å². The summed E-state index contributed by atoms with van der Waals surface area (Å²) in [5, 5.41) is 2.94. The summed E-state index contributed by atoms with van der Waals surface area (Å²) in [6, 6.07) is 9.88. The SMILES string of the molecule is CCC(C)NC(=O)CN1CN(c2ccccc2)C2(CCN(C(=O)COC)CC2)C1=O. The zero-order valence-electron chi connectivity index (χ0n) is 18.1. The minimum absolute atomic E-state index is 0.0375. The van der Waals surface area contributed by atoms with E-state index in [9.17, 15) is 14.4 Å². The molecule has 8 nitrogen and oxygen atoms in total. The van der Waals surface area contributed by atoms with Gasteiger partial charge in [-0.25, -0.2) is 0 Å². The maximum absolute atomic E-state index is 13.5. The third kappa shape index (κ3) is 4.43. The molecule has 8 heteroatoms. The van der Waals surface area contributed by atoms with Gasteiger partial charge < -0.3 is 24.8 Å². The van der Waals surface area contributed by atoms with E-state index >= 15 is 0 Å². The third-order valence-corrected chi connectivity index (χ3v) is 6.15. The Labute approximate surface area is 178 Å². The molecule has 2 heterocycles. The maximum atomic E-state index is 13.5. The van der Waals surface area contributed by atoms with Crippen LogP contribution in [0, 0.1) is 0 Å². The second-order valence-corrected chi connectivity index (χ2v) is 8.13. The van der Waals surface area contributed by atoms with E-state index < -0.39 is 5.54 Å². The second-order valence-electron chi connectivity index (χ2n) is 8.13. The number of likely N-dealkylation sites (tertiary alicyclic amines) is 1. The summed E-state index contributed by atoms with van der Waals surface area (Å²) in [6.45, 7) is 5.40. The topological polar surface area (TPSA) is 82.2 Å². The number of carbonyl (C=O) groups excluding carboxylic acids is 3. The van der Waals surface area contributed by atoms with Crippen molar-refractivity contribution in [3.8, 4) is 0 Å². The standard InChI is InChI=1S/C22H32N4O4/c1-4-17(2)23-19(27)14-25-16-26(18-8-6-5-7-9-18)22(21(25)29)10-12-24(13-11-22)20(28)15-30-3/h5-9,17H,4,10-16H2,1-3H3,(H,23,27). The molecule has 1 spiro atoms. The van der Waals surface area contributed by atoms with Crippen LogP contribution in [-0.4, -0.2) is 79.1 Å². The number of para-hydroxylation sites is 1. The number of benzene rings is 1. The Bertz CT molecular complexity index is 762. The highest BCUT2D eigenvalue weighted by Crippen LogP contribution is 2.39. The van der Waals surface area contributed by atoms with Crippen LogP contribution < -0.4 is 10.2 Å². The third-order valence-electron chi connectivity index (χ3n) is 6.15. The molecule has 1 N–H and O–H groups in total. The van der Waals surface area contributed by atoms with Crippen molar-refractivity contribution in [2.75, 3.05) is 44.9 Å². The molecule has 0 aliphatic carbocycles. The van der Waals surface area contributed by atoms with Gasteiger partial charge in [-0.1, -0.05) is 25.1 Å². The summed E-state index contributed by atoms with van der Waals surface area (Å²) < 4.78 is 4.97. The van der Waals surface area contributed by atoms with Crippen LogP contribution >= 0.6 is 0 Å². The molecule has 0 aromatic heterocycles. The van der Waals surface area contributed by atoms with Crippen molar-refractivity contribution < 1.29 is 19.1 Å². The zero-order valence-corrected chi connectivity index (χ0v) is 18.1. The van der Waals surface area contributed by atoms with Crippen LogP contribution in [0.5, 0.6) is 0 Å². The van der Waals surface area contributed by atoms with Gasteiger partial charge in [0.05, 0.1) is 6.67 Å². The molecule has 1 aromatic rings. The minimum atomic E-state index is -0.734. The van der Waals surface area contributed by atoms with Crippen molar-refractivity contribution in [3.05, 3.63) is 30.3 Å². The highest BCUT2D eigenvalue weighted by atomic mass is 16.5. The number of hydrogen-bond acceptors (Lipinski definition) is 5. The molecule has 164 valence electrons. The fraction of sp³-hybridized carbons (Fsp3) is 0.591. The van der Waals surface area contributed by atoms with Gasteiger partial charge in [-0.3, -0.25) is 14.4 Å². The van der Waals surface area contributed by atoms with E-state index in [0.717, 1.165) is 12.1 Å². The fourth-order valence-corrected chi connectivity index (χ4v) is 4.26. The first-order chi connectivity index (χ1) is 14.4. The highest BCUT2D eigenvalue weighted by Gasteiger charge is 2.54. The predicted octanol–water partition coefficient (Wildman–Crippen LogP) is 1.22. The van der Waals surface area contributed by atoms with Crippen LogP contribution in [0.25, 0.3) is 0 Å². The number of nitrogens with one attached hydrogen (secondary N) is 1. The van der Waals surface area contributed by atoms with Gasteiger partial charge in [0.2, 0.25) is 11.8 Å². The molecule has 30 heavy (non-hydrogen) atoms. The molecular formula is C22H32N4O4. The average molecular weight is 417 g/mol. The molecule has 0 bridgehead atoms. The number of amides is 3. The molecule has 0 radical (unpaired) electrons. The maximum Gasteiger partial charge on any atom is 0.250 e. The first-order valence-electron chi connectivity index (χ1n) is 10.6. The molecule has 1 unspecified atom stereocenters. The van der Waals surface area contributed by atoms with Gasteiger partial charge in [0.25, 0.3) is 5.91 Å². The van der Waals surface area contributed by atoms with Gasteiger partial charge in [0.1, 0.15) is 18.7 Å². The Morgan fingerprint density at radius 3 is 2.47 bits per heavy atom. The van der Waals surface area contributed by atoms with Gasteiger partial charge in [-0.05, 0) is 38.3 Å². The molecule has 3 amide bonds. The van der Waals surface area contributed by atoms with E-state index in [4.69, 9.17) is 4.74 Å². The fourth-order valence-electron chi connectivity index (χ4n) is 4.26.